The Morgan fingerprint density at radius 3 is 2.67 bits per heavy atom. The molecule has 1 aliphatic carbocycles. The quantitative estimate of drug-likeness (QED) is 0.924. The van der Waals surface area contributed by atoms with Gasteiger partial charge in [0.05, 0.1) is 0 Å². The number of piperazine rings is 1. The zero-order valence-corrected chi connectivity index (χ0v) is 12.7. The summed E-state index contributed by atoms with van der Waals surface area (Å²) in [6.45, 7) is 4.09. The van der Waals surface area contributed by atoms with Gasteiger partial charge in [-0.2, -0.15) is 0 Å². The third-order valence-electron chi connectivity index (χ3n) is 4.57. The maximum Gasteiger partial charge on any atom is 0.227 e. The lowest BCUT2D eigenvalue weighted by molar-refractivity contribution is -0.119. The Hall–Kier alpha value is -1.62. The molecule has 0 spiro atoms. The molecule has 2 fully saturated rings. The van der Waals surface area contributed by atoms with Crippen molar-refractivity contribution in [3.8, 4) is 0 Å². The van der Waals surface area contributed by atoms with Crippen molar-refractivity contribution < 1.29 is 4.79 Å². The van der Waals surface area contributed by atoms with Gasteiger partial charge in [-0.1, -0.05) is 12.8 Å². The number of rotatable bonds is 3. The summed E-state index contributed by atoms with van der Waals surface area (Å²) >= 11 is 0. The molecule has 1 aromatic rings. The highest BCUT2D eigenvalue weighted by molar-refractivity contribution is 5.93. The average Bonchev–Trinajstić information content (AvgIpc) is 3.02. The molecule has 5 nitrogen and oxygen atoms in total. The van der Waals surface area contributed by atoms with E-state index in [2.05, 4.69) is 27.1 Å². The summed E-state index contributed by atoms with van der Waals surface area (Å²) in [7, 11) is 2.14. The third-order valence-corrected chi connectivity index (χ3v) is 4.57. The molecule has 0 bridgehead atoms. The molecule has 2 heterocycles. The van der Waals surface area contributed by atoms with Crippen molar-refractivity contribution in [2.45, 2.75) is 25.7 Å². The number of nitrogens with one attached hydrogen (secondary N) is 1. The lowest BCUT2D eigenvalue weighted by Crippen LogP contribution is -2.44. The lowest BCUT2D eigenvalue weighted by atomic mass is 10.1. The summed E-state index contributed by atoms with van der Waals surface area (Å²) in [5.74, 6) is 1.33. The van der Waals surface area contributed by atoms with Gasteiger partial charge >= 0.3 is 0 Å². The minimum atomic E-state index is 0.169. The first-order valence-corrected chi connectivity index (χ1v) is 7.93. The lowest BCUT2D eigenvalue weighted by Gasteiger charge is -2.33. The van der Waals surface area contributed by atoms with E-state index in [4.69, 9.17) is 0 Å². The number of hydrogen-bond donors (Lipinski definition) is 1. The Morgan fingerprint density at radius 1 is 1.24 bits per heavy atom. The molecule has 0 unspecified atom stereocenters. The molecule has 1 amide bonds. The van der Waals surface area contributed by atoms with Crippen LogP contribution in [0.25, 0.3) is 0 Å². The Bertz CT molecular complexity index is 491. The monoisotopic (exact) mass is 288 g/mol. The molecule has 2 aliphatic rings. The summed E-state index contributed by atoms with van der Waals surface area (Å²) in [6.07, 6.45) is 6.21. The molecular weight excluding hydrogens is 264 g/mol. The molecule has 114 valence electrons. The molecule has 0 aromatic carbocycles. The molecule has 1 aliphatic heterocycles. The van der Waals surface area contributed by atoms with Gasteiger partial charge in [0.15, 0.2) is 0 Å². The van der Waals surface area contributed by atoms with Crippen LogP contribution >= 0.6 is 0 Å². The molecule has 0 radical (unpaired) electrons. The Kier molecular flexibility index (Phi) is 4.39. The van der Waals surface area contributed by atoms with Crippen molar-refractivity contribution in [3.05, 3.63) is 18.3 Å². The summed E-state index contributed by atoms with van der Waals surface area (Å²) in [4.78, 5) is 21.2. The van der Waals surface area contributed by atoms with Gasteiger partial charge in [0.2, 0.25) is 5.91 Å². The molecule has 0 atom stereocenters. The van der Waals surface area contributed by atoms with Crippen molar-refractivity contribution in [2.75, 3.05) is 43.4 Å². The van der Waals surface area contributed by atoms with Crippen molar-refractivity contribution in [2.24, 2.45) is 5.92 Å². The van der Waals surface area contributed by atoms with E-state index in [9.17, 15) is 4.79 Å². The van der Waals surface area contributed by atoms with E-state index in [0.717, 1.165) is 50.5 Å². The highest BCUT2D eigenvalue weighted by Crippen LogP contribution is 2.26. The van der Waals surface area contributed by atoms with Gasteiger partial charge in [-0.15, -0.1) is 0 Å². The Morgan fingerprint density at radius 2 is 1.95 bits per heavy atom. The molecule has 1 N–H and O–H groups in total. The number of nitrogens with zero attached hydrogens (tertiary/aromatic N) is 3. The first kappa shape index (κ1) is 14.3. The molecule has 5 heteroatoms. The Balaban J connectivity index is 1.64. The second-order valence-corrected chi connectivity index (χ2v) is 6.16. The fourth-order valence-electron chi connectivity index (χ4n) is 3.14. The first-order chi connectivity index (χ1) is 10.2. The van der Waals surface area contributed by atoms with Gasteiger partial charge in [-0.25, -0.2) is 4.98 Å². The van der Waals surface area contributed by atoms with Crippen molar-refractivity contribution in [1.29, 1.82) is 0 Å². The van der Waals surface area contributed by atoms with Crippen LogP contribution < -0.4 is 10.2 Å². The highest BCUT2D eigenvalue weighted by Gasteiger charge is 2.23. The molecule has 21 heavy (non-hydrogen) atoms. The van der Waals surface area contributed by atoms with E-state index in [-0.39, 0.29) is 11.8 Å². The van der Waals surface area contributed by atoms with E-state index >= 15 is 0 Å². The van der Waals surface area contributed by atoms with Crippen LogP contribution in [0.5, 0.6) is 0 Å². The van der Waals surface area contributed by atoms with E-state index in [1.807, 2.05) is 12.1 Å². The van der Waals surface area contributed by atoms with Gasteiger partial charge in [0.25, 0.3) is 0 Å². The summed E-state index contributed by atoms with van der Waals surface area (Å²) in [5.41, 5.74) is 0.871. The second kappa shape index (κ2) is 6.43. The maximum absolute atomic E-state index is 12.2. The Labute approximate surface area is 126 Å². The number of carbonyl (C=O) groups excluding carboxylic acids is 1. The average molecular weight is 288 g/mol. The van der Waals surface area contributed by atoms with Gasteiger partial charge in [-0.05, 0) is 26.0 Å². The highest BCUT2D eigenvalue weighted by atomic mass is 16.1. The normalized spacial score (nSPS) is 20.7. The number of aromatic nitrogens is 1. The van der Waals surface area contributed by atoms with Crippen LogP contribution in [0.2, 0.25) is 0 Å². The summed E-state index contributed by atoms with van der Waals surface area (Å²) < 4.78 is 0. The van der Waals surface area contributed by atoms with Crippen molar-refractivity contribution in [1.82, 2.24) is 9.88 Å². The molecule has 1 aromatic heterocycles. The van der Waals surface area contributed by atoms with E-state index < -0.39 is 0 Å². The summed E-state index contributed by atoms with van der Waals surface area (Å²) in [5, 5.41) is 3.06. The van der Waals surface area contributed by atoms with E-state index in [1.54, 1.807) is 6.20 Å². The first-order valence-electron chi connectivity index (χ1n) is 7.93. The zero-order chi connectivity index (χ0) is 14.7. The molecular formula is C16H24N4O. The number of amides is 1. The topological polar surface area (TPSA) is 48.5 Å². The smallest absolute Gasteiger partial charge is 0.227 e. The van der Waals surface area contributed by atoms with Gasteiger partial charge in [0, 0.05) is 50.0 Å². The van der Waals surface area contributed by atoms with Crippen molar-refractivity contribution in [3.63, 3.8) is 0 Å². The van der Waals surface area contributed by atoms with Crippen LogP contribution in [-0.4, -0.2) is 49.0 Å². The van der Waals surface area contributed by atoms with E-state index in [1.165, 1.54) is 12.8 Å². The number of likely N-dealkylation sites (N-methyl/N-ethyl adjacent to an activating group) is 1. The standard InChI is InChI=1S/C16H24N4O/c1-19-8-10-20(11-9-19)15-12-14(6-7-17-15)18-16(21)13-4-2-3-5-13/h6-7,12-13H,2-5,8-11H2,1H3,(H,17,18,21). The predicted octanol–water partition coefficient (Wildman–Crippen LogP) is 1.96. The number of hydrogen-bond acceptors (Lipinski definition) is 4. The zero-order valence-electron chi connectivity index (χ0n) is 12.7. The predicted molar refractivity (Wildman–Crippen MR) is 84.5 cm³/mol. The molecule has 3 rings (SSSR count). The largest absolute Gasteiger partial charge is 0.354 e. The number of pyridine rings is 1. The van der Waals surface area contributed by atoms with Crippen LogP contribution in [0.1, 0.15) is 25.7 Å². The second-order valence-electron chi connectivity index (χ2n) is 6.16. The fraction of sp³-hybridized carbons (Fsp3) is 0.625. The van der Waals surface area contributed by atoms with Crippen LogP contribution in [-0.2, 0) is 4.79 Å². The van der Waals surface area contributed by atoms with Crippen LogP contribution in [0.15, 0.2) is 18.3 Å². The SMILES string of the molecule is CN1CCN(c2cc(NC(=O)C3CCCC3)ccn2)CC1. The van der Waals surface area contributed by atoms with Crippen LogP contribution in [0.4, 0.5) is 11.5 Å². The number of carbonyl (C=O) groups is 1. The fourth-order valence-corrected chi connectivity index (χ4v) is 3.14. The molecule has 1 saturated carbocycles. The van der Waals surface area contributed by atoms with E-state index in [0.29, 0.717) is 0 Å². The van der Waals surface area contributed by atoms with Crippen LogP contribution in [0, 0.1) is 5.92 Å². The van der Waals surface area contributed by atoms with Gasteiger partial charge in [-0.3, -0.25) is 4.79 Å². The van der Waals surface area contributed by atoms with Gasteiger partial charge < -0.3 is 15.1 Å². The minimum Gasteiger partial charge on any atom is -0.354 e. The van der Waals surface area contributed by atoms with Crippen LogP contribution in [0.3, 0.4) is 0 Å². The van der Waals surface area contributed by atoms with Crippen molar-refractivity contribution >= 4 is 17.4 Å². The number of anilines is 2. The van der Waals surface area contributed by atoms with Gasteiger partial charge in [0.1, 0.15) is 5.82 Å². The third kappa shape index (κ3) is 3.53. The molecule has 1 saturated heterocycles. The summed E-state index contributed by atoms with van der Waals surface area (Å²) in [6, 6.07) is 3.88. The maximum atomic E-state index is 12.2. The minimum absolute atomic E-state index is 0.169.